The summed E-state index contributed by atoms with van der Waals surface area (Å²) in [6.07, 6.45) is -0.127. The van der Waals surface area contributed by atoms with Gasteiger partial charge in [0.15, 0.2) is 6.29 Å². The van der Waals surface area contributed by atoms with Gasteiger partial charge in [0.25, 0.3) is 0 Å². The summed E-state index contributed by atoms with van der Waals surface area (Å²) < 4.78 is 0. The number of aliphatic hydroxyl groups excluding tert-OH is 2. The molecule has 5 heteroatoms. The zero-order valence-electron chi connectivity index (χ0n) is 8.40. The van der Waals surface area contributed by atoms with Gasteiger partial charge in [-0.15, -0.1) is 0 Å². The van der Waals surface area contributed by atoms with Crippen molar-refractivity contribution in [3.05, 3.63) is 0 Å². The molecule has 0 saturated carbocycles. The van der Waals surface area contributed by atoms with Crippen molar-refractivity contribution in [3.63, 3.8) is 0 Å². The third kappa shape index (κ3) is 9.72. The molecule has 0 aliphatic heterocycles. The Kier molecular flexibility index (Phi) is 9.87. The van der Waals surface area contributed by atoms with Crippen LogP contribution in [0.5, 0.6) is 0 Å². The standard InChI is InChI=1S/C5H13NO2.C3H9NO/c1-3-5(2,6)4(7)8;4-2-1-3-5/h4,7-8H,3,6H2,1-2H3;5H,1-4H2. The lowest BCUT2D eigenvalue weighted by Crippen LogP contribution is -2.47. The molecule has 1 unspecified atom stereocenters. The minimum atomic E-state index is -1.41. The lowest BCUT2D eigenvalue weighted by molar-refractivity contribution is -0.0915. The summed E-state index contributed by atoms with van der Waals surface area (Å²) in [6, 6.07) is 0. The summed E-state index contributed by atoms with van der Waals surface area (Å²) in [5.74, 6) is 0. The Labute approximate surface area is 79.4 Å². The van der Waals surface area contributed by atoms with Crippen molar-refractivity contribution in [2.45, 2.75) is 38.5 Å². The van der Waals surface area contributed by atoms with Crippen molar-refractivity contribution >= 4 is 0 Å². The topological polar surface area (TPSA) is 113 Å². The van der Waals surface area contributed by atoms with Gasteiger partial charge in [0.1, 0.15) is 0 Å². The molecule has 0 radical (unpaired) electrons. The van der Waals surface area contributed by atoms with E-state index in [0.29, 0.717) is 13.0 Å². The molecule has 1 atom stereocenters. The summed E-state index contributed by atoms with van der Waals surface area (Å²) >= 11 is 0. The Morgan fingerprint density at radius 1 is 1.38 bits per heavy atom. The first-order valence-electron chi connectivity index (χ1n) is 4.38. The second-order valence-corrected chi connectivity index (χ2v) is 3.10. The SMILES string of the molecule is CCC(C)(N)C(O)O.NCCCO. The third-order valence-corrected chi connectivity index (χ3v) is 1.71. The van der Waals surface area contributed by atoms with Gasteiger partial charge in [-0.2, -0.15) is 0 Å². The molecule has 0 aliphatic rings. The monoisotopic (exact) mass is 194 g/mol. The van der Waals surface area contributed by atoms with Crippen molar-refractivity contribution < 1.29 is 15.3 Å². The minimum absolute atomic E-state index is 0.219. The second kappa shape index (κ2) is 8.40. The minimum Gasteiger partial charge on any atom is -0.396 e. The van der Waals surface area contributed by atoms with E-state index < -0.39 is 11.8 Å². The van der Waals surface area contributed by atoms with Gasteiger partial charge >= 0.3 is 0 Å². The molecular formula is C8H22N2O3. The molecule has 7 N–H and O–H groups in total. The molecule has 0 aromatic carbocycles. The average molecular weight is 194 g/mol. The first-order chi connectivity index (χ1) is 5.92. The van der Waals surface area contributed by atoms with E-state index in [0.717, 1.165) is 6.42 Å². The lowest BCUT2D eigenvalue weighted by atomic mass is 10.0. The van der Waals surface area contributed by atoms with E-state index in [2.05, 4.69) is 0 Å². The van der Waals surface area contributed by atoms with Gasteiger partial charge in [-0.1, -0.05) is 6.92 Å². The van der Waals surface area contributed by atoms with Gasteiger partial charge in [-0.25, -0.2) is 0 Å². The first kappa shape index (κ1) is 15.3. The highest BCUT2D eigenvalue weighted by atomic mass is 16.5. The Balaban J connectivity index is 0. The van der Waals surface area contributed by atoms with Crippen molar-refractivity contribution in [3.8, 4) is 0 Å². The maximum absolute atomic E-state index is 8.51. The van der Waals surface area contributed by atoms with Crippen molar-refractivity contribution in [1.29, 1.82) is 0 Å². The molecule has 0 aromatic heterocycles. The predicted molar refractivity (Wildman–Crippen MR) is 51.9 cm³/mol. The van der Waals surface area contributed by atoms with Gasteiger partial charge in [-0.05, 0) is 26.3 Å². The van der Waals surface area contributed by atoms with E-state index in [-0.39, 0.29) is 6.61 Å². The van der Waals surface area contributed by atoms with E-state index in [4.69, 9.17) is 26.8 Å². The van der Waals surface area contributed by atoms with Crippen LogP contribution in [-0.4, -0.2) is 40.3 Å². The number of nitrogens with two attached hydrogens (primary N) is 2. The van der Waals surface area contributed by atoms with E-state index in [1.54, 1.807) is 13.8 Å². The molecule has 13 heavy (non-hydrogen) atoms. The lowest BCUT2D eigenvalue weighted by Gasteiger charge is -2.24. The maximum atomic E-state index is 8.51. The van der Waals surface area contributed by atoms with Crippen LogP contribution in [0.25, 0.3) is 0 Å². The summed E-state index contributed by atoms with van der Waals surface area (Å²) in [5, 5.41) is 25.0. The molecule has 0 amide bonds. The molecule has 0 rings (SSSR count). The van der Waals surface area contributed by atoms with Crippen molar-refractivity contribution in [1.82, 2.24) is 0 Å². The fraction of sp³-hybridized carbons (Fsp3) is 1.00. The van der Waals surface area contributed by atoms with Crippen LogP contribution in [0.3, 0.4) is 0 Å². The van der Waals surface area contributed by atoms with E-state index in [1.807, 2.05) is 0 Å². The molecule has 82 valence electrons. The summed E-state index contributed by atoms with van der Waals surface area (Å²) in [5.41, 5.74) is 9.49. The summed E-state index contributed by atoms with van der Waals surface area (Å²) in [7, 11) is 0. The maximum Gasteiger partial charge on any atom is 0.169 e. The molecule has 0 saturated heterocycles. The molecular weight excluding hydrogens is 172 g/mol. The Morgan fingerprint density at radius 2 is 1.85 bits per heavy atom. The summed E-state index contributed by atoms with van der Waals surface area (Å²) in [6.45, 7) is 4.21. The Hall–Kier alpha value is -0.200. The molecule has 5 nitrogen and oxygen atoms in total. The Morgan fingerprint density at radius 3 is 1.85 bits per heavy atom. The summed E-state index contributed by atoms with van der Waals surface area (Å²) in [4.78, 5) is 0. The van der Waals surface area contributed by atoms with Crippen LogP contribution in [0.2, 0.25) is 0 Å². The smallest absolute Gasteiger partial charge is 0.169 e. The van der Waals surface area contributed by atoms with Gasteiger partial charge < -0.3 is 26.8 Å². The van der Waals surface area contributed by atoms with Crippen molar-refractivity contribution in [2.75, 3.05) is 13.2 Å². The normalized spacial score (nSPS) is 14.8. The quantitative estimate of drug-likeness (QED) is 0.359. The predicted octanol–water partition coefficient (Wildman–Crippen LogP) is -1.25. The van der Waals surface area contributed by atoms with Crippen LogP contribution < -0.4 is 11.5 Å². The molecule has 0 aromatic rings. The fourth-order valence-electron chi connectivity index (χ4n) is 0.274. The third-order valence-electron chi connectivity index (χ3n) is 1.71. The van der Waals surface area contributed by atoms with Crippen LogP contribution in [-0.2, 0) is 0 Å². The largest absolute Gasteiger partial charge is 0.396 e. The van der Waals surface area contributed by atoms with Gasteiger partial charge in [0.2, 0.25) is 0 Å². The van der Waals surface area contributed by atoms with Crippen LogP contribution in [0.1, 0.15) is 26.7 Å². The number of hydrogen-bond donors (Lipinski definition) is 5. The van der Waals surface area contributed by atoms with Gasteiger partial charge in [0, 0.05) is 6.61 Å². The van der Waals surface area contributed by atoms with E-state index in [1.165, 1.54) is 0 Å². The van der Waals surface area contributed by atoms with Crippen LogP contribution >= 0.6 is 0 Å². The van der Waals surface area contributed by atoms with Gasteiger partial charge in [0.05, 0.1) is 5.54 Å². The highest BCUT2D eigenvalue weighted by Crippen LogP contribution is 2.07. The second-order valence-electron chi connectivity index (χ2n) is 3.10. The first-order valence-corrected chi connectivity index (χ1v) is 4.38. The number of aliphatic hydroxyl groups is 3. The molecule has 0 aliphatic carbocycles. The highest BCUT2D eigenvalue weighted by Gasteiger charge is 2.23. The van der Waals surface area contributed by atoms with Gasteiger partial charge in [-0.3, -0.25) is 0 Å². The average Bonchev–Trinajstić information content (AvgIpc) is 2.07. The molecule has 0 spiro atoms. The fourth-order valence-corrected chi connectivity index (χ4v) is 0.274. The zero-order chi connectivity index (χ0) is 10.9. The molecule has 0 heterocycles. The van der Waals surface area contributed by atoms with Crippen molar-refractivity contribution in [2.24, 2.45) is 11.5 Å². The van der Waals surface area contributed by atoms with Crippen LogP contribution in [0.15, 0.2) is 0 Å². The highest BCUT2D eigenvalue weighted by molar-refractivity contribution is 4.77. The van der Waals surface area contributed by atoms with Crippen LogP contribution in [0, 0.1) is 0 Å². The number of rotatable bonds is 4. The Bertz CT molecular complexity index is 106. The van der Waals surface area contributed by atoms with E-state index >= 15 is 0 Å². The zero-order valence-corrected chi connectivity index (χ0v) is 8.40. The van der Waals surface area contributed by atoms with E-state index in [9.17, 15) is 0 Å². The molecule has 0 fully saturated rings. The number of hydrogen-bond acceptors (Lipinski definition) is 5. The molecule has 0 bridgehead atoms. The van der Waals surface area contributed by atoms with Crippen LogP contribution in [0.4, 0.5) is 0 Å².